The highest BCUT2D eigenvalue weighted by Gasteiger charge is 2.31. The number of hydrogen-bond acceptors (Lipinski definition) is 3. The van der Waals surface area contributed by atoms with Crippen LogP contribution in [0, 0.1) is 5.92 Å². The molecule has 0 aromatic rings. The summed E-state index contributed by atoms with van der Waals surface area (Å²) >= 11 is 0. The van der Waals surface area contributed by atoms with Crippen LogP contribution in [-0.2, 0) is 14.3 Å². The second-order valence-corrected chi connectivity index (χ2v) is 5.29. The minimum absolute atomic E-state index is 0.144. The molecular weight excluding hydrogens is 234 g/mol. The van der Waals surface area contributed by atoms with E-state index in [1.807, 2.05) is 0 Å². The Hall–Kier alpha value is -1.10. The highest BCUT2D eigenvalue weighted by atomic mass is 16.5. The molecule has 1 N–H and O–H groups in total. The summed E-state index contributed by atoms with van der Waals surface area (Å²) in [6.07, 6.45) is 5.16. The van der Waals surface area contributed by atoms with E-state index in [4.69, 9.17) is 9.84 Å². The molecule has 2 aliphatic rings. The third-order valence-electron chi connectivity index (χ3n) is 3.73. The van der Waals surface area contributed by atoms with E-state index in [0.29, 0.717) is 19.5 Å². The van der Waals surface area contributed by atoms with Gasteiger partial charge in [-0.25, -0.2) is 0 Å². The molecule has 5 heteroatoms. The molecular formula is C13H21NO4. The number of carboxylic acids is 1. The van der Waals surface area contributed by atoms with Crippen molar-refractivity contribution in [2.24, 2.45) is 5.92 Å². The fraction of sp³-hybridized carbons (Fsp3) is 0.846. The lowest BCUT2D eigenvalue weighted by Crippen LogP contribution is -2.50. The van der Waals surface area contributed by atoms with Crippen LogP contribution in [0.15, 0.2) is 0 Å². The Bertz CT molecular complexity index is 306. The zero-order valence-corrected chi connectivity index (χ0v) is 10.6. The van der Waals surface area contributed by atoms with Crippen LogP contribution in [0.25, 0.3) is 0 Å². The van der Waals surface area contributed by atoms with E-state index >= 15 is 0 Å². The summed E-state index contributed by atoms with van der Waals surface area (Å²) in [6, 6.07) is 0. The molecule has 0 aliphatic carbocycles. The van der Waals surface area contributed by atoms with Gasteiger partial charge in [0.15, 0.2) is 0 Å². The maximum absolute atomic E-state index is 11.8. The predicted molar refractivity (Wildman–Crippen MR) is 65.1 cm³/mol. The number of nitrogens with zero attached hydrogens (tertiary/aromatic N) is 1. The van der Waals surface area contributed by atoms with Gasteiger partial charge in [0, 0.05) is 32.0 Å². The summed E-state index contributed by atoms with van der Waals surface area (Å²) in [7, 11) is 0. The summed E-state index contributed by atoms with van der Waals surface area (Å²) in [5.74, 6) is -0.481. The van der Waals surface area contributed by atoms with Crippen molar-refractivity contribution in [2.75, 3.05) is 19.7 Å². The number of ether oxygens (including phenoxy) is 1. The Morgan fingerprint density at radius 2 is 2.06 bits per heavy atom. The molecule has 0 aromatic heterocycles. The van der Waals surface area contributed by atoms with E-state index in [0.717, 1.165) is 25.9 Å². The van der Waals surface area contributed by atoms with Crippen LogP contribution in [0.5, 0.6) is 0 Å². The lowest BCUT2D eigenvalue weighted by Gasteiger charge is -2.39. The number of aliphatic carboxylic acids is 1. The molecule has 1 amide bonds. The molecule has 1 atom stereocenters. The van der Waals surface area contributed by atoms with E-state index in [2.05, 4.69) is 0 Å². The number of amides is 1. The van der Waals surface area contributed by atoms with Gasteiger partial charge in [0.1, 0.15) is 0 Å². The second kappa shape index (κ2) is 6.18. The summed E-state index contributed by atoms with van der Waals surface area (Å²) < 4.78 is 5.59. The number of carbonyl (C=O) groups is 2. The molecule has 1 unspecified atom stereocenters. The van der Waals surface area contributed by atoms with Crippen molar-refractivity contribution in [3.63, 3.8) is 0 Å². The Balaban J connectivity index is 1.60. The van der Waals surface area contributed by atoms with Gasteiger partial charge in [-0.2, -0.15) is 0 Å². The molecule has 0 saturated carbocycles. The lowest BCUT2D eigenvalue weighted by atomic mass is 9.95. The lowest BCUT2D eigenvalue weighted by molar-refractivity contribution is -0.145. The van der Waals surface area contributed by atoms with Crippen molar-refractivity contribution >= 4 is 11.9 Å². The van der Waals surface area contributed by atoms with Crippen molar-refractivity contribution in [1.82, 2.24) is 4.90 Å². The van der Waals surface area contributed by atoms with Crippen molar-refractivity contribution in [3.05, 3.63) is 0 Å². The van der Waals surface area contributed by atoms with Crippen LogP contribution in [0.4, 0.5) is 0 Å². The predicted octanol–water partition coefficient (Wildman–Crippen LogP) is 1.27. The first-order valence-electron chi connectivity index (χ1n) is 6.76. The van der Waals surface area contributed by atoms with Crippen LogP contribution >= 0.6 is 0 Å². The number of carbonyl (C=O) groups excluding carboxylic acids is 1. The Kier molecular flexibility index (Phi) is 4.58. The monoisotopic (exact) mass is 255 g/mol. The summed E-state index contributed by atoms with van der Waals surface area (Å²) in [4.78, 5) is 24.1. The smallest absolute Gasteiger partial charge is 0.303 e. The van der Waals surface area contributed by atoms with E-state index in [1.54, 1.807) is 4.90 Å². The van der Waals surface area contributed by atoms with Crippen LogP contribution in [0.2, 0.25) is 0 Å². The quantitative estimate of drug-likeness (QED) is 0.803. The third kappa shape index (κ3) is 3.70. The molecule has 0 aromatic carbocycles. The van der Waals surface area contributed by atoms with Gasteiger partial charge < -0.3 is 14.7 Å². The van der Waals surface area contributed by atoms with Gasteiger partial charge in [-0.15, -0.1) is 0 Å². The summed E-state index contributed by atoms with van der Waals surface area (Å²) in [5, 5.41) is 8.63. The normalized spacial score (nSPS) is 24.7. The standard InChI is InChI=1S/C13H21NO4/c15-12(5-4-11-3-1-2-6-18-11)14-8-10(9-14)7-13(16)17/h10-11H,1-9H2,(H,16,17). The molecule has 2 rings (SSSR count). The molecule has 2 heterocycles. The topological polar surface area (TPSA) is 66.8 Å². The molecule has 102 valence electrons. The molecule has 2 fully saturated rings. The highest BCUT2D eigenvalue weighted by molar-refractivity contribution is 5.77. The Labute approximate surface area is 107 Å². The fourth-order valence-electron chi connectivity index (χ4n) is 2.63. The molecule has 2 saturated heterocycles. The minimum atomic E-state index is -0.775. The van der Waals surface area contributed by atoms with Gasteiger partial charge in [-0.1, -0.05) is 0 Å². The SMILES string of the molecule is O=C(O)CC1CN(C(=O)CCC2CCCCO2)C1. The zero-order valence-electron chi connectivity index (χ0n) is 10.6. The first kappa shape index (κ1) is 13.3. The van der Waals surface area contributed by atoms with Crippen LogP contribution in [0.3, 0.4) is 0 Å². The van der Waals surface area contributed by atoms with Gasteiger partial charge in [0.2, 0.25) is 5.91 Å². The van der Waals surface area contributed by atoms with Gasteiger partial charge in [0.05, 0.1) is 12.5 Å². The van der Waals surface area contributed by atoms with E-state index in [9.17, 15) is 9.59 Å². The van der Waals surface area contributed by atoms with Gasteiger partial charge in [-0.05, 0) is 25.7 Å². The van der Waals surface area contributed by atoms with E-state index in [1.165, 1.54) is 6.42 Å². The molecule has 5 nitrogen and oxygen atoms in total. The molecule has 2 aliphatic heterocycles. The van der Waals surface area contributed by atoms with Gasteiger partial charge in [0.25, 0.3) is 0 Å². The Morgan fingerprint density at radius 1 is 1.28 bits per heavy atom. The van der Waals surface area contributed by atoms with E-state index in [-0.39, 0.29) is 24.3 Å². The Morgan fingerprint density at radius 3 is 2.67 bits per heavy atom. The zero-order chi connectivity index (χ0) is 13.0. The third-order valence-corrected chi connectivity index (χ3v) is 3.73. The highest BCUT2D eigenvalue weighted by Crippen LogP contribution is 2.22. The summed E-state index contributed by atoms with van der Waals surface area (Å²) in [6.45, 7) is 2.04. The van der Waals surface area contributed by atoms with Crippen LogP contribution < -0.4 is 0 Å². The van der Waals surface area contributed by atoms with Crippen molar-refractivity contribution in [3.8, 4) is 0 Å². The summed E-state index contributed by atoms with van der Waals surface area (Å²) in [5.41, 5.74) is 0. The average molecular weight is 255 g/mol. The molecule has 18 heavy (non-hydrogen) atoms. The molecule has 0 radical (unpaired) electrons. The fourth-order valence-corrected chi connectivity index (χ4v) is 2.63. The number of hydrogen-bond donors (Lipinski definition) is 1. The van der Waals surface area contributed by atoms with Gasteiger partial charge in [-0.3, -0.25) is 9.59 Å². The van der Waals surface area contributed by atoms with Crippen molar-refractivity contribution < 1.29 is 19.4 Å². The maximum atomic E-state index is 11.8. The molecule has 0 spiro atoms. The largest absolute Gasteiger partial charge is 0.481 e. The van der Waals surface area contributed by atoms with Gasteiger partial charge >= 0.3 is 5.97 Å². The van der Waals surface area contributed by atoms with Crippen molar-refractivity contribution in [2.45, 2.75) is 44.6 Å². The maximum Gasteiger partial charge on any atom is 0.303 e. The number of likely N-dealkylation sites (tertiary alicyclic amines) is 1. The van der Waals surface area contributed by atoms with Crippen molar-refractivity contribution in [1.29, 1.82) is 0 Å². The molecule has 0 bridgehead atoms. The first-order valence-corrected chi connectivity index (χ1v) is 6.76. The average Bonchev–Trinajstić information content (AvgIpc) is 2.31. The van der Waals surface area contributed by atoms with Crippen LogP contribution in [0.1, 0.15) is 38.5 Å². The number of rotatable bonds is 5. The van der Waals surface area contributed by atoms with E-state index < -0.39 is 5.97 Å². The minimum Gasteiger partial charge on any atom is -0.481 e. The van der Waals surface area contributed by atoms with Crippen LogP contribution in [-0.4, -0.2) is 47.7 Å². The first-order chi connectivity index (χ1) is 8.65. The number of carboxylic acid groups (broad SMARTS) is 1. The second-order valence-electron chi connectivity index (χ2n) is 5.29.